The average molecular weight is 436 g/mol. The second kappa shape index (κ2) is 9.57. The highest BCUT2D eigenvalue weighted by Gasteiger charge is 2.29. The van der Waals surface area contributed by atoms with Gasteiger partial charge in [-0.05, 0) is 50.1 Å². The van der Waals surface area contributed by atoms with Crippen LogP contribution in [0.15, 0.2) is 42.5 Å². The lowest BCUT2D eigenvalue weighted by Crippen LogP contribution is -2.48. The molecule has 2 rings (SSSR count). The molecule has 2 aromatic carbocycles. The molecule has 1 atom stereocenters. The smallest absolute Gasteiger partial charge is 0.271 e. The maximum absolute atomic E-state index is 12.5. The first-order chi connectivity index (χ1) is 14.0. The van der Waals surface area contributed by atoms with Crippen LogP contribution in [0.3, 0.4) is 0 Å². The standard InChI is InChI=1S/C20H25N3O6S/c1-14-10-15(2)12-19(11-14)29-9-8-21-20(24)16(3)22(30(4,27)28)17-6-5-7-18(13-17)23(25)26/h5-7,10-13,16H,8-9H2,1-4H3,(H,21,24)/t16-/m1/s1. The fourth-order valence-corrected chi connectivity index (χ4v) is 4.23. The molecule has 0 saturated carbocycles. The van der Waals surface area contributed by atoms with Crippen molar-refractivity contribution in [1.82, 2.24) is 5.32 Å². The number of non-ortho nitro benzene ring substituents is 1. The van der Waals surface area contributed by atoms with Crippen LogP contribution < -0.4 is 14.4 Å². The second-order valence-electron chi connectivity index (χ2n) is 6.97. The molecule has 0 radical (unpaired) electrons. The van der Waals surface area contributed by atoms with Crippen LogP contribution in [0.1, 0.15) is 18.1 Å². The van der Waals surface area contributed by atoms with E-state index < -0.39 is 26.9 Å². The van der Waals surface area contributed by atoms with Crippen LogP contribution in [0, 0.1) is 24.0 Å². The van der Waals surface area contributed by atoms with Gasteiger partial charge in [0.15, 0.2) is 0 Å². The molecule has 1 amide bonds. The molecule has 0 aliphatic heterocycles. The first-order valence-electron chi connectivity index (χ1n) is 9.21. The highest BCUT2D eigenvalue weighted by atomic mass is 32.2. The third kappa shape index (κ3) is 6.18. The topological polar surface area (TPSA) is 119 Å². The van der Waals surface area contributed by atoms with E-state index in [1.165, 1.54) is 25.1 Å². The molecule has 9 nitrogen and oxygen atoms in total. The molecule has 0 saturated heterocycles. The van der Waals surface area contributed by atoms with E-state index in [4.69, 9.17) is 4.74 Å². The number of nitro benzene ring substituents is 1. The maximum Gasteiger partial charge on any atom is 0.271 e. The molecule has 0 fully saturated rings. The number of hydrogen-bond donors (Lipinski definition) is 1. The van der Waals surface area contributed by atoms with Gasteiger partial charge in [-0.3, -0.25) is 19.2 Å². The van der Waals surface area contributed by atoms with Gasteiger partial charge in [-0.1, -0.05) is 12.1 Å². The van der Waals surface area contributed by atoms with E-state index in [9.17, 15) is 23.3 Å². The summed E-state index contributed by atoms with van der Waals surface area (Å²) in [6.45, 7) is 5.70. The Labute approximate surface area is 175 Å². The Hall–Kier alpha value is -3.14. The molecule has 0 aliphatic carbocycles. The molecular weight excluding hydrogens is 410 g/mol. The normalized spacial score (nSPS) is 12.1. The zero-order chi connectivity index (χ0) is 22.5. The van der Waals surface area contributed by atoms with Crippen LogP contribution in [0.4, 0.5) is 11.4 Å². The zero-order valence-corrected chi connectivity index (χ0v) is 18.1. The monoisotopic (exact) mass is 435 g/mol. The number of anilines is 1. The van der Waals surface area contributed by atoms with Crippen molar-refractivity contribution in [1.29, 1.82) is 0 Å². The van der Waals surface area contributed by atoms with Gasteiger partial charge < -0.3 is 10.1 Å². The Morgan fingerprint density at radius 2 is 1.83 bits per heavy atom. The van der Waals surface area contributed by atoms with E-state index in [1.54, 1.807) is 0 Å². The summed E-state index contributed by atoms with van der Waals surface area (Å²) in [7, 11) is -3.87. The van der Waals surface area contributed by atoms with Crippen molar-refractivity contribution >= 4 is 27.3 Å². The van der Waals surface area contributed by atoms with Crippen molar-refractivity contribution in [3.8, 4) is 5.75 Å². The molecule has 162 valence electrons. The molecular formula is C20H25N3O6S. The van der Waals surface area contributed by atoms with Crippen LogP contribution in [0.2, 0.25) is 0 Å². The predicted octanol–water partition coefficient (Wildman–Crippen LogP) is 2.56. The van der Waals surface area contributed by atoms with Gasteiger partial charge in [0, 0.05) is 12.1 Å². The van der Waals surface area contributed by atoms with Crippen molar-refractivity contribution < 1.29 is 22.9 Å². The van der Waals surface area contributed by atoms with Crippen molar-refractivity contribution in [2.24, 2.45) is 0 Å². The zero-order valence-electron chi connectivity index (χ0n) is 17.3. The van der Waals surface area contributed by atoms with Gasteiger partial charge in [-0.2, -0.15) is 0 Å². The second-order valence-corrected chi connectivity index (χ2v) is 8.83. The van der Waals surface area contributed by atoms with Crippen molar-refractivity contribution in [3.63, 3.8) is 0 Å². The number of nitrogens with one attached hydrogen (secondary N) is 1. The highest BCUT2D eigenvalue weighted by Crippen LogP contribution is 2.25. The highest BCUT2D eigenvalue weighted by molar-refractivity contribution is 7.92. The summed E-state index contributed by atoms with van der Waals surface area (Å²) in [4.78, 5) is 22.9. The average Bonchev–Trinajstić information content (AvgIpc) is 2.63. The van der Waals surface area contributed by atoms with Gasteiger partial charge in [-0.15, -0.1) is 0 Å². The molecule has 0 bridgehead atoms. The summed E-state index contributed by atoms with van der Waals surface area (Å²) >= 11 is 0. The van der Waals surface area contributed by atoms with Crippen molar-refractivity contribution in [2.45, 2.75) is 26.8 Å². The first-order valence-corrected chi connectivity index (χ1v) is 11.1. The van der Waals surface area contributed by atoms with Crippen LogP contribution in [-0.2, 0) is 14.8 Å². The number of aryl methyl sites for hydroxylation is 2. The summed E-state index contributed by atoms with van der Waals surface area (Å²) in [6, 6.07) is 9.81. The molecule has 1 N–H and O–H groups in total. The number of ether oxygens (including phenoxy) is 1. The molecule has 0 spiro atoms. The summed E-state index contributed by atoms with van der Waals surface area (Å²) in [5.74, 6) is 0.139. The number of amides is 1. The molecule has 2 aromatic rings. The van der Waals surface area contributed by atoms with Gasteiger partial charge >= 0.3 is 0 Å². The number of sulfonamides is 1. The van der Waals surface area contributed by atoms with Gasteiger partial charge in [0.05, 0.1) is 23.4 Å². The van der Waals surface area contributed by atoms with Crippen LogP contribution in [0.5, 0.6) is 5.75 Å². The number of nitrogens with zero attached hydrogens (tertiary/aromatic N) is 2. The lowest BCUT2D eigenvalue weighted by Gasteiger charge is -2.28. The minimum atomic E-state index is -3.87. The Morgan fingerprint density at radius 1 is 1.20 bits per heavy atom. The summed E-state index contributed by atoms with van der Waals surface area (Å²) < 4.78 is 31.1. The molecule has 30 heavy (non-hydrogen) atoms. The number of rotatable bonds is 9. The van der Waals surface area contributed by atoms with Gasteiger partial charge in [-0.25, -0.2) is 8.42 Å². The Morgan fingerprint density at radius 3 is 2.40 bits per heavy atom. The van der Waals surface area contributed by atoms with Crippen molar-refractivity contribution in [2.75, 3.05) is 23.7 Å². The minimum Gasteiger partial charge on any atom is -0.492 e. The lowest BCUT2D eigenvalue weighted by atomic mass is 10.1. The van der Waals surface area contributed by atoms with Crippen LogP contribution in [0.25, 0.3) is 0 Å². The Balaban J connectivity index is 2.05. The number of carbonyl (C=O) groups excluding carboxylic acids is 1. The Kier molecular flexibility index (Phi) is 7.38. The van der Waals surface area contributed by atoms with Gasteiger partial charge in [0.1, 0.15) is 18.4 Å². The molecule has 0 aliphatic rings. The molecule has 0 unspecified atom stereocenters. The quantitative estimate of drug-likeness (QED) is 0.367. The van der Waals surface area contributed by atoms with Crippen LogP contribution in [-0.4, -0.2) is 44.7 Å². The number of nitro groups is 1. The van der Waals surface area contributed by atoms with E-state index in [1.807, 2.05) is 32.0 Å². The number of hydrogen-bond acceptors (Lipinski definition) is 6. The van der Waals surface area contributed by atoms with E-state index in [0.29, 0.717) is 5.75 Å². The first kappa shape index (κ1) is 23.1. The fraction of sp³-hybridized carbons (Fsp3) is 0.350. The SMILES string of the molecule is Cc1cc(C)cc(OCCNC(=O)[C@@H](C)N(c2cccc([N+](=O)[O-])c2)S(C)(=O)=O)c1. The molecule has 0 aromatic heterocycles. The predicted molar refractivity (Wildman–Crippen MR) is 114 cm³/mol. The molecule has 10 heteroatoms. The number of benzene rings is 2. The van der Waals surface area contributed by atoms with E-state index in [-0.39, 0.29) is 24.5 Å². The Bertz CT molecular complexity index is 1020. The van der Waals surface area contributed by atoms with Gasteiger partial charge in [0.25, 0.3) is 5.69 Å². The largest absolute Gasteiger partial charge is 0.492 e. The van der Waals surface area contributed by atoms with Gasteiger partial charge in [0.2, 0.25) is 15.9 Å². The van der Waals surface area contributed by atoms with E-state index in [0.717, 1.165) is 27.8 Å². The van der Waals surface area contributed by atoms with E-state index >= 15 is 0 Å². The summed E-state index contributed by atoms with van der Waals surface area (Å²) in [5, 5.41) is 13.6. The van der Waals surface area contributed by atoms with Crippen LogP contribution >= 0.6 is 0 Å². The minimum absolute atomic E-state index is 0.0424. The van der Waals surface area contributed by atoms with E-state index in [2.05, 4.69) is 5.32 Å². The summed E-state index contributed by atoms with van der Waals surface area (Å²) in [5.41, 5.74) is 1.89. The lowest BCUT2D eigenvalue weighted by molar-refractivity contribution is -0.384. The fourth-order valence-electron chi connectivity index (χ4n) is 3.06. The third-order valence-electron chi connectivity index (χ3n) is 4.25. The molecule has 0 heterocycles. The summed E-state index contributed by atoms with van der Waals surface area (Å²) in [6.07, 6.45) is 0.943. The maximum atomic E-state index is 12.5. The van der Waals surface area contributed by atoms with Crippen molar-refractivity contribution in [3.05, 3.63) is 63.7 Å². The number of carbonyl (C=O) groups is 1. The third-order valence-corrected chi connectivity index (χ3v) is 5.49.